The lowest BCUT2D eigenvalue weighted by Crippen LogP contribution is -2.73. The Morgan fingerprint density at radius 1 is 1.28 bits per heavy atom. The van der Waals surface area contributed by atoms with Crippen LogP contribution in [0.4, 0.5) is 0 Å². The summed E-state index contributed by atoms with van der Waals surface area (Å²) in [6.45, 7) is 9.18. The maximum Gasteiger partial charge on any atom is 0.153 e. The Morgan fingerprint density at radius 3 is 2.17 bits per heavy atom. The van der Waals surface area contributed by atoms with Gasteiger partial charge in [0.25, 0.3) is 0 Å². The van der Waals surface area contributed by atoms with Gasteiger partial charge in [-0.25, -0.2) is 4.48 Å². The molecule has 2 nitrogen and oxygen atoms in total. The summed E-state index contributed by atoms with van der Waals surface area (Å²) >= 11 is 3.35. The van der Waals surface area contributed by atoms with E-state index in [1.807, 2.05) is 0 Å². The van der Waals surface area contributed by atoms with Crippen LogP contribution in [0.15, 0.2) is 0 Å². The van der Waals surface area contributed by atoms with Gasteiger partial charge in [0, 0.05) is 12.8 Å². The summed E-state index contributed by atoms with van der Waals surface area (Å²) in [4.78, 5) is 0. The van der Waals surface area contributed by atoms with E-state index in [0.717, 1.165) is 12.8 Å². The number of hydrogen-bond acceptors (Lipinski definition) is 1. The van der Waals surface area contributed by atoms with Crippen molar-refractivity contribution in [2.75, 3.05) is 11.9 Å². The number of halogens is 1. The van der Waals surface area contributed by atoms with Crippen molar-refractivity contribution < 1.29 is 9.59 Å². The molecular formula is C15H23BrNO+. The highest BCUT2D eigenvalue weighted by Crippen LogP contribution is 2.45. The third-order valence-corrected chi connectivity index (χ3v) is 4.48. The van der Waals surface area contributed by atoms with Crippen molar-refractivity contribution in [3.05, 3.63) is 0 Å². The van der Waals surface area contributed by atoms with Crippen molar-refractivity contribution in [3.8, 4) is 24.3 Å². The molecule has 100 valence electrons. The number of likely N-dealkylation sites (tertiary alicyclic amines) is 1. The molecule has 3 heteroatoms. The van der Waals surface area contributed by atoms with Crippen LogP contribution in [0.3, 0.4) is 0 Å². The molecule has 1 N–H and O–H groups in total. The Morgan fingerprint density at radius 2 is 1.78 bits per heavy atom. The Hall–Kier alpha value is -0.480. The molecule has 0 aromatic heterocycles. The van der Waals surface area contributed by atoms with Crippen LogP contribution in [0.25, 0.3) is 0 Å². The van der Waals surface area contributed by atoms with E-state index in [1.165, 1.54) is 0 Å². The molecule has 0 atom stereocenters. The number of nitrogens with zero attached hydrogens (tertiary/aromatic N) is 1. The number of aliphatic hydroxyl groups excluding tert-OH is 1. The molecule has 0 bridgehead atoms. The van der Waals surface area contributed by atoms with Gasteiger partial charge in [-0.1, -0.05) is 15.9 Å². The number of alkyl halides is 1. The van der Waals surface area contributed by atoms with E-state index < -0.39 is 0 Å². The number of piperidine rings is 1. The fourth-order valence-corrected chi connectivity index (χ4v) is 3.55. The van der Waals surface area contributed by atoms with E-state index in [9.17, 15) is 5.11 Å². The summed E-state index contributed by atoms with van der Waals surface area (Å²) in [6.07, 6.45) is 6.77. The van der Waals surface area contributed by atoms with E-state index in [0.29, 0.717) is 16.4 Å². The summed E-state index contributed by atoms with van der Waals surface area (Å²) in [5, 5.41) is 10.7. The molecule has 0 aromatic rings. The zero-order valence-corrected chi connectivity index (χ0v) is 13.3. The summed E-state index contributed by atoms with van der Waals surface area (Å²) in [5.41, 5.74) is -0.300. The molecule has 0 aliphatic carbocycles. The maximum absolute atomic E-state index is 10.1. The molecule has 0 aromatic carbocycles. The lowest BCUT2D eigenvalue weighted by Gasteiger charge is -2.57. The van der Waals surface area contributed by atoms with Crippen molar-refractivity contribution in [3.63, 3.8) is 0 Å². The fourth-order valence-electron chi connectivity index (χ4n) is 3.43. The highest BCUT2D eigenvalue weighted by Gasteiger charge is 2.58. The first-order valence-electron chi connectivity index (χ1n) is 6.28. The minimum atomic E-state index is -0.273. The van der Waals surface area contributed by atoms with Crippen LogP contribution in [-0.4, -0.2) is 38.6 Å². The molecule has 1 heterocycles. The number of terminal acetylenes is 1. The first kappa shape index (κ1) is 15.6. The van der Waals surface area contributed by atoms with Gasteiger partial charge in [-0.2, -0.15) is 0 Å². The quantitative estimate of drug-likeness (QED) is 0.448. The van der Waals surface area contributed by atoms with Crippen LogP contribution in [0, 0.1) is 24.3 Å². The molecule has 1 aliphatic rings. The van der Waals surface area contributed by atoms with Crippen molar-refractivity contribution in [1.29, 1.82) is 0 Å². The molecule has 0 spiro atoms. The van der Waals surface area contributed by atoms with Gasteiger partial charge in [0.1, 0.15) is 17.1 Å². The van der Waals surface area contributed by atoms with Crippen LogP contribution in [0.1, 0.15) is 40.5 Å². The van der Waals surface area contributed by atoms with Crippen molar-refractivity contribution in [2.24, 2.45) is 0 Å². The lowest BCUT2D eigenvalue weighted by atomic mass is 9.75. The third-order valence-electron chi connectivity index (χ3n) is 4.20. The Kier molecular flexibility index (Phi) is 4.55. The minimum Gasteiger partial charge on any atom is -0.393 e. The van der Waals surface area contributed by atoms with E-state index in [1.54, 1.807) is 0 Å². The topological polar surface area (TPSA) is 20.2 Å². The maximum atomic E-state index is 10.1. The van der Waals surface area contributed by atoms with Gasteiger partial charge in [0.2, 0.25) is 0 Å². The molecule has 0 amide bonds. The second-order valence-corrected chi connectivity index (χ2v) is 6.84. The van der Waals surface area contributed by atoms with Crippen molar-refractivity contribution in [1.82, 2.24) is 0 Å². The zero-order chi connectivity index (χ0) is 14.0. The summed E-state index contributed by atoms with van der Waals surface area (Å²) in [5.74, 6) is 5.92. The smallest absolute Gasteiger partial charge is 0.153 e. The van der Waals surface area contributed by atoms with Gasteiger partial charge in [0.05, 0.1) is 11.4 Å². The van der Waals surface area contributed by atoms with Crippen LogP contribution >= 0.6 is 15.9 Å². The van der Waals surface area contributed by atoms with Crippen molar-refractivity contribution in [2.45, 2.75) is 57.7 Å². The summed E-state index contributed by atoms with van der Waals surface area (Å²) in [7, 11) is 0. The summed E-state index contributed by atoms with van der Waals surface area (Å²) < 4.78 is 0.555. The fraction of sp³-hybridized carbons (Fsp3) is 0.733. The predicted molar refractivity (Wildman–Crippen MR) is 78.9 cm³/mol. The molecule has 1 aliphatic heterocycles. The van der Waals surface area contributed by atoms with Gasteiger partial charge in [-0.15, -0.1) is 6.42 Å². The lowest BCUT2D eigenvalue weighted by molar-refractivity contribution is -0.958. The molecule has 1 rings (SSSR count). The SMILES string of the molecule is C#CC[N+]1(C#CCBr)C(C)(C)CC(O)CC1(C)C. The van der Waals surface area contributed by atoms with Gasteiger partial charge in [0.15, 0.2) is 6.54 Å². The highest BCUT2D eigenvalue weighted by molar-refractivity contribution is 9.09. The molecule has 0 radical (unpaired) electrons. The van der Waals surface area contributed by atoms with Crippen LogP contribution in [0.2, 0.25) is 0 Å². The van der Waals surface area contributed by atoms with E-state index in [2.05, 4.69) is 61.5 Å². The minimum absolute atomic E-state index is 0.150. The van der Waals surface area contributed by atoms with Crippen LogP contribution in [-0.2, 0) is 0 Å². The van der Waals surface area contributed by atoms with E-state index in [-0.39, 0.29) is 17.2 Å². The monoisotopic (exact) mass is 312 g/mol. The second-order valence-electron chi connectivity index (χ2n) is 6.28. The average molecular weight is 313 g/mol. The zero-order valence-electron chi connectivity index (χ0n) is 11.8. The molecule has 1 fully saturated rings. The second kappa shape index (κ2) is 5.25. The van der Waals surface area contributed by atoms with Gasteiger partial charge in [-0.05, 0) is 39.5 Å². The summed E-state index contributed by atoms with van der Waals surface area (Å²) in [6, 6.07) is 3.37. The molecule has 18 heavy (non-hydrogen) atoms. The Labute approximate surface area is 119 Å². The third kappa shape index (κ3) is 2.45. The van der Waals surface area contributed by atoms with E-state index in [4.69, 9.17) is 6.42 Å². The first-order chi connectivity index (χ1) is 8.22. The van der Waals surface area contributed by atoms with Gasteiger partial charge < -0.3 is 5.11 Å². The van der Waals surface area contributed by atoms with E-state index >= 15 is 0 Å². The first-order valence-corrected chi connectivity index (χ1v) is 7.40. The van der Waals surface area contributed by atoms with Gasteiger partial charge in [-0.3, -0.25) is 0 Å². The molecule has 0 saturated carbocycles. The number of hydrogen-bond donors (Lipinski definition) is 1. The van der Waals surface area contributed by atoms with Gasteiger partial charge >= 0.3 is 0 Å². The van der Waals surface area contributed by atoms with Crippen LogP contribution < -0.4 is 0 Å². The molecule has 0 unspecified atom stereocenters. The highest BCUT2D eigenvalue weighted by atomic mass is 79.9. The average Bonchev–Trinajstić information content (AvgIpc) is 2.19. The standard InChI is InChI=1S/C15H23BrNO/c1-6-9-17(10-7-8-16)14(2,3)11-13(18)12-15(17,4)5/h1,13,18H,8-9,11-12H2,2-5H3/q+1. The van der Waals surface area contributed by atoms with Crippen LogP contribution in [0.5, 0.6) is 0 Å². The normalized spacial score (nSPS) is 33.1. The largest absolute Gasteiger partial charge is 0.393 e. The Balaban J connectivity index is 3.37. The number of quaternary nitrogens is 1. The predicted octanol–water partition coefficient (Wildman–Crippen LogP) is 2.50. The Bertz CT molecular complexity index is 390. The van der Waals surface area contributed by atoms with Crippen molar-refractivity contribution >= 4 is 15.9 Å². The molecule has 1 saturated heterocycles. The number of aliphatic hydroxyl groups is 1. The number of rotatable bonds is 1. The molecular weight excluding hydrogens is 290 g/mol.